The Labute approximate surface area is 106 Å². The van der Waals surface area contributed by atoms with Crippen LogP contribution in [0, 0.1) is 17.5 Å². The minimum absolute atomic E-state index is 0.0219. The molecular weight excluding hydrogens is 259 g/mol. The molecule has 0 saturated heterocycles. The number of nitrogens with two attached hydrogens (primary N) is 1. The van der Waals surface area contributed by atoms with Crippen LogP contribution in [0.1, 0.15) is 12.5 Å². The molecule has 0 amide bonds. The predicted octanol–water partition coefficient (Wildman–Crippen LogP) is 2.00. The maximum absolute atomic E-state index is 13.1. The van der Waals surface area contributed by atoms with Gasteiger partial charge in [-0.15, -0.1) is 0 Å². The van der Waals surface area contributed by atoms with Crippen LogP contribution in [-0.2, 0) is 6.42 Å². The second kappa shape index (κ2) is 4.75. The fraction of sp³-hybridized carbons (Fsp3) is 0.167. The van der Waals surface area contributed by atoms with Gasteiger partial charge in [-0.3, -0.25) is 4.79 Å². The van der Waals surface area contributed by atoms with Crippen molar-refractivity contribution in [2.24, 2.45) is 0 Å². The summed E-state index contributed by atoms with van der Waals surface area (Å²) in [5.74, 6) is -4.44. The maximum Gasteiger partial charge on any atom is 0.256 e. The van der Waals surface area contributed by atoms with Gasteiger partial charge in [0, 0.05) is 5.56 Å². The fourth-order valence-electron chi connectivity index (χ4n) is 1.69. The minimum Gasteiger partial charge on any atom is -0.383 e. The highest BCUT2D eigenvalue weighted by Gasteiger charge is 2.14. The van der Waals surface area contributed by atoms with Crippen molar-refractivity contribution in [3.8, 4) is 11.4 Å². The van der Waals surface area contributed by atoms with Crippen LogP contribution in [0.15, 0.2) is 16.9 Å². The van der Waals surface area contributed by atoms with Crippen molar-refractivity contribution in [2.75, 3.05) is 5.73 Å². The second-order valence-electron chi connectivity index (χ2n) is 3.89. The molecular formula is C12H10F3N3O. The van der Waals surface area contributed by atoms with Crippen LogP contribution >= 0.6 is 0 Å². The van der Waals surface area contributed by atoms with E-state index in [1.165, 1.54) is 0 Å². The molecule has 0 aliphatic carbocycles. The van der Waals surface area contributed by atoms with E-state index in [0.717, 1.165) is 12.1 Å². The fourth-order valence-corrected chi connectivity index (χ4v) is 1.69. The average Bonchev–Trinajstić information content (AvgIpc) is 2.35. The van der Waals surface area contributed by atoms with Crippen molar-refractivity contribution in [3.05, 3.63) is 45.5 Å². The highest BCUT2D eigenvalue weighted by atomic mass is 19.2. The van der Waals surface area contributed by atoms with Crippen molar-refractivity contribution in [1.82, 2.24) is 9.97 Å². The molecule has 100 valence electrons. The quantitative estimate of drug-likeness (QED) is 0.819. The largest absolute Gasteiger partial charge is 0.383 e. The Morgan fingerprint density at radius 3 is 2.32 bits per heavy atom. The molecule has 2 rings (SSSR count). The lowest BCUT2D eigenvalue weighted by molar-refractivity contribution is 0.447. The zero-order chi connectivity index (χ0) is 14.2. The number of nitrogen functional groups attached to an aromatic ring is 1. The Morgan fingerprint density at radius 1 is 1.26 bits per heavy atom. The third-order valence-corrected chi connectivity index (χ3v) is 2.66. The van der Waals surface area contributed by atoms with Gasteiger partial charge in [-0.05, 0) is 18.6 Å². The first-order chi connectivity index (χ1) is 8.93. The summed E-state index contributed by atoms with van der Waals surface area (Å²) in [7, 11) is 0. The Hall–Kier alpha value is -2.31. The standard InChI is InChI=1S/C12H10F3N3O/c1-2-6-10(16)17-11(18-12(6)19)5-3-7(13)9(15)8(14)4-5/h3-4H,2H2,1H3,(H3,16,17,18,19). The van der Waals surface area contributed by atoms with E-state index in [1.54, 1.807) is 6.92 Å². The molecule has 19 heavy (non-hydrogen) atoms. The van der Waals surface area contributed by atoms with E-state index in [0.29, 0.717) is 6.42 Å². The van der Waals surface area contributed by atoms with Crippen LogP contribution in [0.2, 0.25) is 0 Å². The van der Waals surface area contributed by atoms with Crippen LogP contribution in [0.25, 0.3) is 11.4 Å². The highest BCUT2D eigenvalue weighted by molar-refractivity contribution is 5.57. The summed E-state index contributed by atoms with van der Waals surface area (Å²) in [5.41, 5.74) is 5.28. The Bertz CT molecular complexity index is 674. The van der Waals surface area contributed by atoms with Gasteiger partial charge in [0.25, 0.3) is 5.56 Å². The summed E-state index contributed by atoms with van der Waals surface area (Å²) >= 11 is 0. The van der Waals surface area contributed by atoms with Crippen LogP contribution in [0.3, 0.4) is 0 Å². The minimum atomic E-state index is -1.58. The van der Waals surface area contributed by atoms with E-state index in [-0.39, 0.29) is 22.8 Å². The number of nitrogens with zero attached hydrogens (tertiary/aromatic N) is 1. The number of nitrogens with one attached hydrogen (secondary N) is 1. The molecule has 4 nitrogen and oxygen atoms in total. The SMILES string of the molecule is CCc1c(N)nc(-c2cc(F)c(F)c(F)c2)[nH]c1=O. The Balaban J connectivity index is 2.63. The molecule has 3 N–H and O–H groups in total. The Morgan fingerprint density at radius 2 is 1.84 bits per heavy atom. The lowest BCUT2D eigenvalue weighted by Gasteiger charge is -2.06. The van der Waals surface area contributed by atoms with Gasteiger partial charge in [-0.25, -0.2) is 18.2 Å². The van der Waals surface area contributed by atoms with Gasteiger partial charge in [-0.2, -0.15) is 0 Å². The van der Waals surface area contributed by atoms with Gasteiger partial charge in [0.1, 0.15) is 11.6 Å². The summed E-state index contributed by atoms with van der Waals surface area (Å²) in [5, 5.41) is 0. The maximum atomic E-state index is 13.1. The number of hydrogen-bond acceptors (Lipinski definition) is 3. The van der Waals surface area contributed by atoms with E-state index >= 15 is 0 Å². The van der Waals surface area contributed by atoms with E-state index in [1.807, 2.05) is 0 Å². The first-order valence-electron chi connectivity index (χ1n) is 5.47. The number of hydrogen-bond donors (Lipinski definition) is 2. The number of aromatic nitrogens is 2. The van der Waals surface area contributed by atoms with Crippen molar-refractivity contribution < 1.29 is 13.2 Å². The summed E-state index contributed by atoms with van der Waals surface area (Å²) in [4.78, 5) is 17.9. The van der Waals surface area contributed by atoms with Gasteiger partial charge < -0.3 is 10.7 Å². The molecule has 0 radical (unpaired) electrons. The Kier molecular flexibility index (Phi) is 3.28. The molecule has 0 atom stereocenters. The van der Waals surface area contributed by atoms with E-state index in [9.17, 15) is 18.0 Å². The molecule has 7 heteroatoms. The van der Waals surface area contributed by atoms with E-state index < -0.39 is 23.0 Å². The third kappa shape index (κ3) is 2.31. The van der Waals surface area contributed by atoms with Gasteiger partial charge in [-0.1, -0.05) is 6.92 Å². The molecule has 0 saturated carbocycles. The first kappa shape index (κ1) is 13.1. The van der Waals surface area contributed by atoms with Gasteiger partial charge in [0.15, 0.2) is 17.5 Å². The van der Waals surface area contributed by atoms with Gasteiger partial charge in [0.2, 0.25) is 0 Å². The summed E-state index contributed by atoms with van der Waals surface area (Å²) in [6.45, 7) is 1.72. The molecule has 1 heterocycles. The number of benzene rings is 1. The molecule has 1 aromatic heterocycles. The topological polar surface area (TPSA) is 71.8 Å². The zero-order valence-electron chi connectivity index (χ0n) is 9.93. The van der Waals surface area contributed by atoms with Crippen LogP contribution in [0.5, 0.6) is 0 Å². The number of halogens is 3. The lowest BCUT2D eigenvalue weighted by Crippen LogP contribution is -2.17. The normalized spacial score (nSPS) is 10.7. The number of rotatable bonds is 2. The zero-order valence-corrected chi connectivity index (χ0v) is 9.93. The van der Waals surface area contributed by atoms with Crippen LogP contribution in [0.4, 0.5) is 19.0 Å². The van der Waals surface area contributed by atoms with Crippen LogP contribution in [-0.4, -0.2) is 9.97 Å². The number of anilines is 1. The monoisotopic (exact) mass is 269 g/mol. The van der Waals surface area contributed by atoms with Crippen molar-refractivity contribution >= 4 is 5.82 Å². The van der Waals surface area contributed by atoms with Gasteiger partial charge in [0.05, 0.1) is 5.56 Å². The number of aromatic amines is 1. The highest BCUT2D eigenvalue weighted by Crippen LogP contribution is 2.21. The van der Waals surface area contributed by atoms with Gasteiger partial charge >= 0.3 is 0 Å². The van der Waals surface area contributed by atoms with Crippen molar-refractivity contribution in [3.63, 3.8) is 0 Å². The third-order valence-electron chi connectivity index (χ3n) is 2.66. The second-order valence-corrected chi connectivity index (χ2v) is 3.89. The van der Waals surface area contributed by atoms with Crippen molar-refractivity contribution in [2.45, 2.75) is 13.3 Å². The number of H-pyrrole nitrogens is 1. The van der Waals surface area contributed by atoms with E-state index in [2.05, 4.69) is 9.97 Å². The predicted molar refractivity (Wildman–Crippen MR) is 64.0 cm³/mol. The molecule has 2 aromatic rings. The lowest BCUT2D eigenvalue weighted by atomic mass is 10.1. The van der Waals surface area contributed by atoms with E-state index in [4.69, 9.17) is 5.73 Å². The summed E-state index contributed by atoms with van der Waals surface area (Å²) in [6, 6.07) is 1.48. The molecule has 0 unspecified atom stereocenters. The molecule has 0 bridgehead atoms. The summed E-state index contributed by atoms with van der Waals surface area (Å²) in [6.07, 6.45) is 0.376. The van der Waals surface area contributed by atoms with Crippen molar-refractivity contribution in [1.29, 1.82) is 0 Å². The average molecular weight is 269 g/mol. The first-order valence-corrected chi connectivity index (χ1v) is 5.47. The smallest absolute Gasteiger partial charge is 0.256 e. The molecule has 0 aliphatic heterocycles. The molecule has 1 aromatic carbocycles. The molecule has 0 spiro atoms. The molecule has 0 aliphatic rings. The summed E-state index contributed by atoms with van der Waals surface area (Å²) < 4.78 is 39.0. The molecule has 0 fully saturated rings. The van der Waals surface area contributed by atoms with Crippen LogP contribution < -0.4 is 11.3 Å².